The van der Waals surface area contributed by atoms with Gasteiger partial charge in [-0.15, -0.1) is 0 Å². The fraction of sp³-hybridized carbons (Fsp3) is 0.174. The van der Waals surface area contributed by atoms with Crippen LogP contribution in [0.15, 0.2) is 60.3 Å². The molecule has 0 unspecified atom stereocenters. The second kappa shape index (κ2) is 9.76. The van der Waals surface area contributed by atoms with Gasteiger partial charge in [0.15, 0.2) is 0 Å². The topological polar surface area (TPSA) is 188 Å². The van der Waals surface area contributed by atoms with Crippen molar-refractivity contribution in [1.82, 2.24) is 25.4 Å². The number of nitrogens with one attached hydrogen (secondary N) is 4. The van der Waals surface area contributed by atoms with Crippen LogP contribution in [0.4, 0.5) is 16.2 Å². The van der Waals surface area contributed by atoms with Crippen LogP contribution in [-0.4, -0.2) is 62.7 Å². The molecule has 0 radical (unpaired) electrons. The van der Waals surface area contributed by atoms with Crippen molar-refractivity contribution in [2.45, 2.75) is 6.42 Å². The minimum atomic E-state index is -0.670. The van der Waals surface area contributed by atoms with Crippen molar-refractivity contribution in [3.8, 4) is 6.07 Å². The molecule has 0 saturated carbocycles. The molecular weight excluding hydrogens is 482 g/mol. The summed E-state index contributed by atoms with van der Waals surface area (Å²) in [5.74, 6) is -0.973. The Morgan fingerprint density at radius 3 is 2.73 bits per heavy atom. The summed E-state index contributed by atoms with van der Waals surface area (Å²) in [4.78, 5) is 51.7. The number of quaternary nitrogens is 1. The van der Waals surface area contributed by atoms with Gasteiger partial charge < -0.3 is 20.9 Å². The first-order valence-corrected chi connectivity index (χ1v) is 11.0. The van der Waals surface area contributed by atoms with Crippen LogP contribution in [0.3, 0.4) is 0 Å². The normalized spacial score (nSPS) is 13.9. The number of nitro benzene ring substituents is 1. The standard InChI is InChI=1S/C23H21N9O5/c1-32(2)13-14(27-23(35)30-12-15-16(29-30)5-3-6-18(15)31(36)37)11-19(32)21(33)28-17-7-10-25-20(17)22(34)26-9-4-8-24/h3,5-7,10-13H,4,9H2,1-2H3,(H3-,25,26,27,28,33,34,35)/p+1. The Morgan fingerprint density at radius 2 is 2.00 bits per heavy atom. The second-order valence-electron chi connectivity index (χ2n) is 8.51. The number of anilines is 1. The third-order valence-corrected chi connectivity index (χ3v) is 5.54. The maximum absolute atomic E-state index is 13.1. The first-order valence-electron chi connectivity index (χ1n) is 11.0. The van der Waals surface area contributed by atoms with Gasteiger partial charge in [-0.1, -0.05) is 6.07 Å². The van der Waals surface area contributed by atoms with E-state index in [9.17, 15) is 24.5 Å². The van der Waals surface area contributed by atoms with Gasteiger partial charge in [0.2, 0.25) is 5.70 Å². The Balaban J connectivity index is 1.49. The smallest absolute Gasteiger partial charge is 0.346 e. The first-order chi connectivity index (χ1) is 17.6. The summed E-state index contributed by atoms with van der Waals surface area (Å²) in [6.45, 7) is 0.170. The quantitative estimate of drug-likeness (QED) is 0.164. The lowest BCUT2D eigenvalue weighted by atomic mass is 10.2. The zero-order valence-electron chi connectivity index (χ0n) is 19.8. The summed E-state index contributed by atoms with van der Waals surface area (Å²) in [7, 11) is 3.45. The van der Waals surface area contributed by atoms with Gasteiger partial charge in [0.1, 0.15) is 17.6 Å². The monoisotopic (exact) mass is 504 g/mol. The predicted octanol–water partition coefficient (Wildman–Crippen LogP) is 1.93. The summed E-state index contributed by atoms with van der Waals surface area (Å²) >= 11 is 0. The Morgan fingerprint density at radius 1 is 1.22 bits per heavy atom. The number of aromatic amines is 1. The lowest BCUT2D eigenvalue weighted by Gasteiger charge is -2.22. The van der Waals surface area contributed by atoms with Crippen LogP contribution in [0.1, 0.15) is 16.9 Å². The number of rotatable bonds is 7. The van der Waals surface area contributed by atoms with E-state index < -0.39 is 22.8 Å². The molecule has 0 fully saturated rings. The highest BCUT2D eigenvalue weighted by Gasteiger charge is 2.34. The van der Waals surface area contributed by atoms with Crippen LogP contribution in [0.2, 0.25) is 0 Å². The van der Waals surface area contributed by atoms with E-state index in [1.807, 2.05) is 6.07 Å². The molecule has 1 aliphatic heterocycles. The second-order valence-corrected chi connectivity index (χ2v) is 8.51. The van der Waals surface area contributed by atoms with Crippen molar-refractivity contribution in [3.63, 3.8) is 0 Å². The summed E-state index contributed by atoms with van der Waals surface area (Å²) in [5, 5.41) is 32.1. The molecule has 188 valence electrons. The maximum Gasteiger partial charge on any atom is 0.346 e. The lowest BCUT2D eigenvalue weighted by Crippen LogP contribution is -2.37. The van der Waals surface area contributed by atoms with Gasteiger partial charge >= 0.3 is 11.9 Å². The van der Waals surface area contributed by atoms with E-state index in [0.717, 1.165) is 4.68 Å². The molecule has 37 heavy (non-hydrogen) atoms. The minimum Gasteiger partial charge on any atom is -0.355 e. The molecule has 2 aromatic heterocycles. The number of non-ortho nitro benzene ring substituents is 1. The molecule has 1 aliphatic rings. The first kappa shape index (κ1) is 24.8. The number of carbonyl (C=O) groups is 3. The van der Waals surface area contributed by atoms with Gasteiger partial charge in [-0.05, 0) is 12.1 Å². The number of likely N-dealkylation sites (N-methyl/N-ethyl adjacent to an activating group) is 1. The van der Waals surface area contributed by atoms with Crippen LogP contribution in [-0.2, 0) is 4.79 Å². The van der Waals surface area contributed by atoms with Gasteiger partial charge in [-0.3, -0.25) is 24.2 Å². The van der Waals surface area contributed by atoms with Crippen molar-refractivity contribution in [3.05, 3.63) is 76.1 Å². The molecule has 4 rings (SSSR count). The highest BCUT2D eigenvalue weighted by Crippen LogP contribution is 2.26. The molecule has 0 aliphatic carbocycles. The average molecular weight is 504 g/mol. The van der Waals surface area contributed by atoms with E-state index in [2.05, 4.69) is 26.0 Å². The SMILES string of the molecule is C[N+]1(C)C=C(NC(=O)n2cc3c([N+](=O)[O-])cccc3n2)C=C1C(=O)Nc1cc[nH]c1C(=O)NCCC#N. The third kappa shape index (κ3) is 5.06. The molecule has 0 atom stereocenters. The number of hydrogen-bond donors (Lipinski definition) is 4. The molecule has 3 heterocycles. The number of benzene rings is 1. The van der Waals surface area contributed by atoms with Crippen LogP contribution >= 0.6 is 0 Å². The highest BCUT2D eigenvalue weighted by molar-refractivity contribution is 6.07. The average Bonchev–Trinajstić information content (AvgIpc) is 3.55. The number of allylic oxidation sites excluding steroid dienone is 1. The summed E-state index contributed by atoms with van der Waals surface area (Å²) in [5.41, 5.74) is 1.09. The van der Waals surface area contributed by atoms with Gasteiger partial charge in [-0.2, -0.15) is 15.0 Å². The molecule has 0 bridgehead atoms. The number of nitro groups is 1. The Bertz CT molecular complexity index is 1540. The Hall–Kier alpha value is -5.29. The molecule has 14 heteroatoms. The van der Waals surface area contributed by atoms with E-state index in [-0.39, 0.29) is 51.1 Å². The number of nitriles is 1. The summed E-state index contributed by atoms with van der Waals surface area (Å²) in [6, 6.07) is 7.16. The number of fused-ring (bicyclic) bond motifs is 1. The summed E-state index contributed by atoms with van der Waals surface area (Å²) < 4.78 is 0.948. The van der Waals surface area contributed by atoms with Crippen LogP contribution in [0, 0.1) is 21.4 Å². The predicted molar refractivity (Wildman–Crippen MR) is 131 cm³/mol. The molecule has 3 amide bonds. The van der Waals surface area contributed by atoms with Crippen molar-refractivity contribution in [2.75, 3.05) is 26.0 Å². The minimum absolute atomic E-state index is 0.0118. The van der Waals surface area contributed by atoms with Crippen molar-refractivity contribution in [1.29, 1.82) is 5.26 Å². The van der Waals surface area contributed by atoms with E-state index >= 15 is 0 Å². The van der Waals surface area contributed by atoms with Gasteiger partial charge in [0, 0.05) is 24.9 Å². The van der Waals surface area contributed by atoms with E-state index in [4.69, 9.17) is 5.26 Å². The van der Waals surface area contributed by atoms with Crippen molar-refractivity contribution >= 4 is 40.1 Å². The number of nitrogens with zero attached hydrogens (tertiary/aromatic N) is 5. The maximum atomic E-state index is 13.1. The number of hydrogen-bond acceptors (Lipinski definition) is 7. The fourth-order valence-corrected chi connectivity index (χ4v) is 3.80. The number of carbonyl (C=O) groups excluding carboxylic acids is 3. The molecule has 14 nitrogen and oxygen atoms in total. The lowest BCUT2D eigenvalue weighted by molar-refractivity contribution is -0.791. The van der Waals surface area contributed by atoms with Crippen LogP contribution in [0.5, 0.6) is 0 Å². The molecule has 0 saturated heterocycles. The van der Waals surface area contributed by atoms with E-state index in [0.29, 0.717) is 5.70 Å². The van der Waals surface area contributed by atoms with E-state index in [1.54, 1.807) is 26.4 Å². The molecule has 0 spiro atoms. The van der Waals surface area contributed by atoms with Crippen molar-refractivity contribution in [2.24, 2.45) is 0 Å². The third-order valence-electron chi connectivity index (χ3n) is 5.54. The van der Waals surface area contributed by atoms with Gasteiger partial charge in [0.05, 0.1) is 54.3 Å². The Kier molecular flexibility index (Phi) is 6.55. The van der Waals surface area contributed by atoms with Gasteiger partial charge in [-0.25, -0.2) is 4.79 Å². The zero-order valence-corrected chi connectivity index (χ0v) is 19.8. The molecule has 1 aromatic carbocycles. The number of H-pyrrole nitrogens is 1. The number of amides is 3. The van der Waals surface area contributed by atoms with Crippen LogP contribution in [0.25, 0.3) is 10.9 Å². The number of aromatic nitrogens is 3. The zero-order chi connectivity index (χ0) is 26.7. The largest absolute Gasteiger partial charge is 0.355 e. The molecular formula is C23H22N9O5+. The molecule has 3 aromatic rings. The highest BCUT2D eigenvalue weighted by atomic mass is 16.6. The molecule has 4 N–H and O–H groups in total. The Labute approximate surface area is 209 Å². The fourth-order valence-electron chi connectivity index (χ4n) is 3.80. The van der Waals surface area contributed by atoms with Crippen molar-refractivity contribution < 1.29 is 23.8 Å². The van der Waals surface area contributed by atoms with Crippen LogP contribution < -0.4 is 16.0 Å². The summed E-state index contributed by atoms with van der Waals surface area (Å²) in [6.07, 6.45) is 6.03. The van der Waals surface area contributed by atoms with Gasteiger partial charge in [0.25, 0.3) is 11.6 Å². The van der Waals surface area contributed by atoms with E-state index in [1.165, 1.54) is 36.7 Å².